The minimum atomic E-state index is -3.27. The summed E-state index contributed by atoms with van der Waals surface area (Å²) in [5.41, 5.74) is 0. The van der Waals surface area contributed by atoms with E-state index in [1.807, 2.05) is 0 Å². The zero-order valence-electron chi connectivity index (χ0n) is 7.09. The number of nitrogens with one attached hydrogen (secondary N) is 1. The monoisotopic (exact) mass is 181 g/mol. The molecule has 0 bridgehead atoms. The molecule has 5 heteroatoms. The van der Waals surface area contributed by atoms with Gasteiger partial charge in [0.05, 0.1) is 11.4 Å². The third-order valence-electron chi connectivity index (χ3n) is 1.21. The summed E-state index contributed by atoms with van der Waals surface area (Å²) >= 11 is 0. The van der Waals surface area contributed by atoms with Gasteiger partial charge in [-0.3, -0.25) is 0 Å². The van der Waals surface area contributed by atoms with Crippen molar-refractivity contribution in [2.75, 3.05) is 13.2 Å². The molecule has 0 radical (unpaired) electrons. The zero-order chi connectivity index (χ0) is 9.12. The van der Waals surface area contributed by atoms with Gasteiger partial charge in [-0.25, -0.2) is 13.1 Å². The van der Waals surface area contributed by atoms with Crippen LogP contribution < -0.4 is 4.72 Å². The predicted molar refractivity (Wildman–Crippen MR) is 43.8 cm³/mol. The maximum Gasteiger partial charge on any atom is 0.216 e. The van der Waals surface area contributed by atoms with Crippen molar-refractivity contribution in [2.45, 2.75) is 25.5 Å². The minimum absolute atomic E-state index is 0.0829. The minimum Gasteiger partial charge on any atom is -0.395 e. The maximum atomic E-state index is 11.2. The predicted octanol–water partition coefficient (Wildman–Crippen LogP) is -0.303. The molecule has 0 aromatic heterocycles. The first-order valence-corrected chi connectivity index (χ1v) is 4.89. The molecule has 4 nitrogen and oxygen atoms in total. The lowest BCUT2D eigenvalue weighted by Gasteiger charge is -2.18. The van der Waals surface area contributed by atoms with Crippen molar-refractivity contribution in [3.05, 3.63) is 0 Å². The lowest BCUT2D eigenvalue weighted by Crippen LogP contribution is -2.40. The average molecular weight is 181 g/mol. The molecule has 0 unspecified atom stereocenters. The van der Waals surface area contributed by atoms with E-state index in [0.717, 1.165) is 0 Å². The summed E-state index contributed by atoms with van der Waals surface area (Å²) in [7, 11) is -3.27. The van der Waals surface area contributed by atoms with E-state index in [1.54, 1.807) is 20.8 Å². The molecule has 0 heterocycles. The molecule has 0 amide bonds. The van der Waals surface area contributed by atoms with Crippen LogP contribution in [0.4, 0.5) is 0 Å². The van der Waals surface area contributed by atoms with Crippen molar-refractivity contribution < 1.29 is 13.5 Å². The fraction of sp³-hybridized carbons (Fsp3) is 1.00. The van der Waals surface area contributed by atoms with Crippen LogP contribution in [0.3, 0.4) is 0 Å². The summed E-state index contributed by atoms with van der Waals surface area (Å²) in [6, 6.07) is 0. The molecule has 68 valence electrons. The highest BCUT2D eigenvalue weighted by Gasteiger charge is 2.27. The van der Waals surface area contributed by atoms with Gasteiger partial charge in [0.25, 0.3) is 0 Å². The number of rotatable bonds is 3. The Balaban J connectivity index is 4.26. The van der Waals surface area contributed by atoms with E-state index < -0.39 is 14.8 Å². The van der Waals surface area contributed by atoms with Crippen LogP contribution in [-0.2, 0) is 10.0 Å². The molecule has 0 aliphatic rings. The highest BCUT2D eigenvalue weighted by atomic mass is 32.2. The molecule has 0 aromatic rings. The largest absolute Gasteiger partial charge is 0.395 e. The molecule has 0 aliphatic carbocycles. The van der Waals surface area contributed by atoms with Crippen molar-refractivity contribution >= 4 is 10.0 Å². The molecule has 0 saturated carbocycles. The average Bonchev–Trinajstić information content (AvgIpc) is 1.81. The molecule has 0 aromatic carbocycles. The second-order valence-electron chi connectivity index (χ2n) is 3.23. The van der Waals surface area contributed by atoms with Crippen molar-refractivity contribution in [3.63, 3.8) is 0 Å². The van der Waals surface area contributed by atoms with E-state index in [-0.39, 0.29) is 13.2 Å². The third kappa shape index (κ3) is 3.18. The van der Waals surface area contributed by atoms with Gasteiger partial charge < -0.3 is 5.11 Å². The molecular weight excluding hydrogens is 166 g/mol. The van der Waals surface area contributed by atoms with E-state index in [2.05, 4.69) is 4.72 Å². The molecule has 0 saturated heterocycles. The van der Waals surface area contributed by atoms with E-state index in [0.29, 0.717) is 0 Å². The Morgan fingerprint density at radius 2 is 1.82 bits per heavy atom. The summed E-state index contributed by atoms with van der Waals surface area (Å²) < 4.78 is 23.8. The van der Waals surface area contributed by atoms with E-state index in [9.17, 15) is 8.42 Å². The highest BCUT2D eigenvalue weighted by Crippen LogP contribution is 2.12. The number of aliphatic hydroxyl groups is 1. The highest BCUT2D eigenvalue weighted by molar-refractivity contribution is 7.90. The fourth-order valence-corrected chi connectivity index (χ4v) is 1.19. The molecule has 0 fully saturated rings. The van der Waals surface area contributed by atoms with Crippen LogP contribution in [0, 0.1) is 0 Å². The molecular formula is C6H15NO3S. The van der Waals surface area contributed by atoms with Crippen LogP contribution in [0.15, 0.2) is 0 Å². The van der Waals surface area contributed by atoms with Gasteiger partial charge >= 0.3 is 0 Å². The third-order valence-corrected chi connectivity index (χ3v) is 3.41. The van der Waals surface area contributed by atoms with Crippen LogP contribution in [-0.4, -0.2) is 31.4 Å². The van der Waals surface area contributed by atoms with Crippen LogP contribution in [0.5, 0.6) is 0 Å². The first-order valence-electron chi connectivity index (χ1n) is 3.41. The first-order chi connectivity index (χ1) is 4.81. The SMILES string of the molecule is CC(C)(C)S(=O)(=O)NCCO. The van der Waals surface area contributed by atoms with Crippen LogP contribution in [0.2, 0.25) is 0 Å². The standard InChI is InChI=1S/C6H15NO3S/c1-6(2,3)11(9,10)7-4-5-8/h7-8H,4-5H2,1-3H3. The van der Waals surface area contributed by atoms with Gasteiger partial charge in [0.15, 0.2) is 0 Å². The number of hydrogen-bond donors (Lipinski definition) is 2. The maximum absolute atomic E-state index is 11.2. The topological polar surface area (TPSA) is 66.4 Å². The van der Waals surface area contributed by atoms with Gasteiger partial charge in [0.1, 0.15) is 0 Å². The van der Waals surface area contributed by atoms with Gasteiger partial charge in [-0.1, -0.05) is 0 Å². The summed E-state index contributed by atoms with van der Waals surface area (Å²) in [6.45, 7) is 4.72. The van der Waals surface area contributed by atoms with Crippen LogP contribution in [0.1, 0.15) is 20.8 Å². The number of sulfonamides is 1. The van der Waals surface area contributed by atoms with E-state index in [4.69, 9.17) is 5.11 Å². The van der Waals surface area contributed by atoms with Crippen molar-refractivity contribution in [1.82, 2.24) is 4.72 Å². The van der Waals surface area contributed by atoms with Gasteiger partial charge in [0, 0.05) is 6.54 Å². The lowest BCUT2D eigenvalue weighted by molar-refractivity contribution is 0.300. The lowest BCUT2D eigenvalue weighted by atomic mass is 10.3. The summed E-state index contributed by atoms with van der Waals surface area (Å²) in [6.07, 6.45) is 0. The van der Waals surface area contributed by atoms with Crippen molar-refractivity contribution in [1.29, 1.82) is 0 Å². The second-order valence-corrected chi connectivity index (χ2v) is 5.75. The van der Waals surface area contributed by atoms with Gasteiger partial charge in [-0.05, 0) is 20.8 Å². The molecule has 11 heavy (non-hydrogen) atoms. The van der Waals surface area contributed by atoms with Crippen molar-refractivity contribution in [2.24, 2.45) is 0 Å². The Morgan fingerprint density at radius 3 is 2.09 bits per heavy atom. The van der Waals surface area contributed by atoms with E-state index >= 15 is 0 Å². The van der Waals surface area contributed by atoms with Gasteiger partial charge in [0.2, 0.25) is 10.0 Å². The molecule has 0 aliphatic heterocycles. The Labute approximate surface area is 67.7 Å². The Hall–Kier alpha value is -0.130. The van der Waals surface area contributed by atoms with Gasteiger partial charge in [-0.2, -0.15) is 0 Å². The quantitative estimate of drug-likeness (QED) is 0.628. The van der Waals surface area contributed by atoms with E-state index in [1.165, 1.54) is 0 Å². The summed E-state index contributed by atoms with van der Waals surface area (Å²) in [5, 5.41) is 8.37. The summed E-state index contributed by atoms with van der Waals surface area (Å²) in [5.74, 6) is 0. The van der Waals surface area contributed by atoms with Crippen LogP contribution >= 0.6 is 0 Å². The Bertz CT molecular complexity index is 202. The molecule has 2 N–H and O–H groups in total. The molecule has 0 atom stereocenters. The Kier molecular flexibility index (Phi) is 3.47. The first kappa shape index (κ1) is 10.9. The number of hydrogen-bond acceptors (Lipinski definition) is 3. The smallest absolute Gasteiger partial charge is 0.216 e. The molecule has 0 rings (SSSR count). The van der Waals surface area contributed by atoms with Crippen LogP contribution in [0.25, 0.3) is 0 Å². The zero-order valence-corrected chi connectivity index (χ0v) is 7.90. The fourth-order valence-electron chi connectivity index (χ4n) is 0.397. The summed E-state index contributed by atoms with van der Waals surface area (Å²) in [4.78, 5) is 0. The number of aliphatic hydroxyl groups excluding tert-OH is 1. The van der Waals surface area contributed by atoms with Gasteiger partial charge in [-0.15, -0.1) is 0 Å². The Morgan fingerprint density at radius 1 is 1.36 bits per heavy atom. The molecule has 0 spiro atoms. The normalized spacial score (nSPS) is 13.5. The second kappa shape index (κ2) is 3.51. The van der Waals surface area contributed by atoms with Crippen molar-refractivity contribution in [3.8, 4) is 0 Å².